The second kappa shape index (κ2) is 6.88. The molecule has 1 aromatic heterocycles. The van der Waals surface area contributed by atoms with Crippen molar-refractivity contribution >= 4 is 29.3 Å². The predicted octanol–water partition coefficient (Wildman–Crippen LogP) is 4.05. The van der Waals surface area contributed by atoms with Crippen molar-refractivity contribution in [3.05, 3.63) is 52.3 Å². The zero-order valence-corrected chi connectivity index (χ0v) is 14.4. The Morgan fingerprint density at radius 1 is 1.38 bits per heavy atom. The molecule has 1 aromatic carbocycles. The Hall–Kier alpha value is -2.13. The number of thioether (sulfide) groups is 1. The van der Waals surface area contributed by atoms with Gasteiger partial charge >= 0.3 is 18.0 Å². The number of aromatic nitrogens is 1. The summed E-state index contributed by atoms with van der Waals surface area (Å²) >= 11 is 6.51. The third-order valence-corrected chi connectivity index (χ3v) is 5.60. The van der Waals surface area contributed by atoms with Crippen LogP contribution in [0.5, 0.6) is 11.6 Å². The lowest BCUT2D eigenvalue weighted by Gasteiger charge is -2.31. The van der Waals surface area contributed by atoms with Gasteiger partial charge in [-0.3, -0.25) is 4.79 Å². The molecule has 1 aliphatic heterocycles. The molecule has 2 heterocycles. The number of halogens is 4. The van der Waals surface area contributed by atoms with E-state index in [4.69, 9.17) is 21.4 Å². The molecule has 2 unspecified atom stereocenters. The first kappa shape index (κ1) is 18.7. The van der Waals surface area contributed by atoms with Gasteiger partial charge in [-0.1, -0.05) is 11.6 Å². The fraction of sp³-hybridized carbons (Fsp3) is 0.250. The fourth-order valence-electron chi connectivity index (χ4n) is 2.60. The van der Waals surface area contributed by atoms with Gasteiger partial charge in [-0.05, 0) is 30.2 Å². The van der Waals surface area contributed by atoms with Crippen molar-refractivity contribution in [3.63, 3.8) is 0 Å². The third-order valence-electron chi connectivity index (χ3n) is 3.82. The number of rotatable bonds is 3. The molecule has 5 nitrogen and oxygen atoms in total. The Morgan fingerprint density at radius 3 is 2.73 bits per heavy atom. The molecule has 0 saturated heterocycles. The lowest BCUT2D eigenvalue weighted by Crippen LogP contribution is -2.41. The zero-order chi connectivity index (χ0) is 19.1. The minimum atomic E-state index is -4.68. The molecule has 26 heavy (non-hydrogen) atoms. The number of carboxylic acids is 1. The largest absolute Gasteiger partial charge is 0.616 e. The van der Waals surface area contributed by atoms with Crippen LogP contribution >= 0.6 is 23.4 Å². The van der Waals surface area contributed by atoms with Crippen LogP contribution in [0.1, 0.15) is 5.56 Å². The number of fused-ring (bicyclic) bond motifs is 1. The van der Waals surface area contributed by atoms with E-state index in [-0.39, 0.29) is 28.0 Å². The first-order chi connectivity index (χ1) is 12.2. The van der Waals surface area contributed by atoms with Crippen LogP contribution in [0.15, 0.2) is 41.4 Å². The Labute approximate surface area is 154 Å². The first-order valence-corrected chi connectivity index (χ1v) is 8.57. The summed E-state index contributed by atoms with van der Waals surface area (Å²) in [6.07, 6.45) is -3.77. The van der Waals surface area contributed by atoms with E-state index < -0.39 is 23.3 Å². The van der Waals surface area contributed by atoms with E-state index in [0.29, 0.717) is 22.1 Å². The maximum absolute atomic E-state index is 13.2. The van der Waals surface area contributed by atoms with Gasteiger partial charge in [0.25, 0.3) is 0 Å². The normalized spacial score (nSPS) is 19.7. The average Bonchev–Trinajstić information content (AvgIpc) is 2.55. The molecule has 0 fully saturated rings. The second-order valence-corrected chi connectivity index (χ2v) is 7.18. The molecular weight excluding hydrogens is 395 g/mol. The van der Waals surface area contributed by atoms with Crippen molar-refractivity contribution in [1.82, 2.24) is 0 Å². The number of alkyl halides is 3. The van der Waals surface area contributed by atoms with Gasteiger partial charge < -0.3 is 15.1 Å². The summed E-state index contributed by atoms with van der Waals surface area (Å²) in [5.74, 6) is -3.19. The standard InChI is InChI=1S/C16H11ClF3NO4S/c17-10-6-8-5-9(15(22)23)14(16(18,19)20)26-12(8)7-11(10)25-13-3-1-2-4-21(13)24/h1-4,6-7,9,14H,5H2,(H,22,23). The minimum Gasteiger partial charge on any atom is -0.616 e. The van der Waals surface area contributed by atoms with Crippen LogP contribution in [-0.4, -0.2) is 22.5 Å². The number of pyridine rings is 1. The third kappa shape index (κ3) is 3.68. The number of nitrogens with zero attached hydrogens (tertiary/aromatic N) is 1. The van der Waals surface area contributed by atoms with E-state index in [9.17, 15) is 23.2 Å². The van der Waals surface area contributed by atoms with Crippen LogP contribution in [-0.2, 0) is 11.2 Å². The Balaban J connectivity index is 1.97. The van der Waals surface area contributed by atoms with Crippen LogP contribution in [0.3, 0.4) is 0 Å². The minimum absolute atomic E-state index is 0.0171. The molecule has 0 spiro atoms. The predicted molar refractivity (Wildman–Crippen MR) is 87.5 cm³/mol. The van der Waals surface area contributed by atoms with Gasteiger partial charge in [0, 0.05) is 11.0 Å². The lowest BCUT2D eigenvalue weighted by molar-refractivity contribution is -0.611. The van der Waals surface area contributed by atoms with Gasteiger partial charge in [-0.25, -0.2) is 0 Å². The highest BCUT2D eigenvalue weighted by molar-refractivity contribution is 8.00. The molecule has 0 bridgehead atoms. The molecule has 0 amide bonds. The molecule has 10 heteroatoms. The summed E-state index contributed by atoms with van der Waals surface area (Å²) in [5, 5.41) is 18.8. The summed E-state index contributed by atoms with van der Waals surface area (Å²) in [6, 6.07) is 7.10. The number of hydrogen-bond donors (Lipinski definition) is 1. The molecular formula is C16H11ClF3NO4S. The van der Waals surface area contributed by atoms with Gasteiger partial charge in [-0.15, -0.1) is 16.5 Å². The van der Waals surface area contributed by atoms with Crippen molar-refractivity contribution < 1.29 is 32.5 Å². The second-order valence-electron chi connectivity index (χ2n) is 5.59. The highest BCUT2D eigenvalue weighted by atomic mass is 35.5. The number of ether oxygens (including phenoxy) is 1. The molecule has 1 N–H and O–H groups in total. The molecule has 3 rings (SSSR count). The molecule has 2 atom stereocenters. The van der Waals surface area contributed by atoms with Gasteiger partial charge in [0.2, 0.25) is 0 Å². The maximum atomic E-state index is 13.2. The van der Waals surface area contributed by atoms with Crippen LogP contribution in [0.2, 0.25) is 5.02 Å². The van der Waals surface area contributed by atoms with E-state index in [1.54, 1.807) is 6.07 Å². The van der Waals surface area contributed by atoms with Crippen LogP contribution in [0.25, 0.3) is 0 Å². The van der Waals surface area contributed by atoms with Crippen molar-refractivity contribution in [1.29, 1.82) is 0 Å². The molecule has 0 saturated carbocycles. The first-order valence-electron chi connectivity index (χ1n) is 7.31. The molecule has 0 aliphatic carbocycles. The molecule has 2 aromatic rings. The monoisotopic (exact) mass is 405 g/mol. The Bertz CT molecular complexity index is 862. The highest BCUT2D eigenvalue weighted by Gasteiger charge is 2.50. The smallest absolute Gasteiger partial charge is 0.401 e. The Kier molecular flexibility index (Phi) is 4.94. The number of carboxylic acid groups (broad SMARTS) is 1. The summed E-state index contributed by atoms with van der Waals surface area (Å²) in [4.78, 5) is 11.5. The maximum Gasteiger partial charge on any atom is 0.401 e. The summed E-state index contributed by atoms with van der Waals surface area (Å²) < 4.78 is 45.6. The van der Waals surface area contributed by atoms with Crippen molar-refractivity contribution in [2.75, 3.05) is 0 Å². The molecule has 0 radical (unpaired) electrons. The van der Waals surface area contributed by atoms with Gasteiger partial charge in [0.1, 0.15) is 5.25 Å². The van der Waals surface area contributed by atoms with Crippen LogP contribution in [0.4, 0.5) is 13.2 Å². The summed E-state index contributed by atoms with van der Waals surface area (Å²) in [5.41, 5.74) is 0.392. The number of aliphatic carboxylic acids is 1. The van der Waals surface area contributed by atoms with Crippen molar-refractivity contribution in [2.24, 2.45) is 5.92 Å². The van der Waals surface area contributed by atoms with Gasteiger partial charge in [0.15, 0.2) is 11.9 Å². The van der Waals surface area contributed by atoms with Crippen molar-refractivity contribution in [3.8, 4) is 11.6 Å². The van der Waals surface area contributed by atoms with E-state index in [1.807, 2.05) is 0 Å². The number of hydrogen-bond acceptors (Lipinski definition) is 4. The van der Waals surface area contributed by atoms with E-state index in [1.165, 1.54) is 30.5 Å². The van der Waals surface area contributed by atoms with Crippen LogP contribution in [0, 0.1) is 11.1 Å². The average molecular weight is 406 g/mol. The SMILES string of the molecule is O=C(O)C1Cc2cc(Cl)c(Oc3cccc[n+]3[O-])cc2SC1C(F)(F)F. The molecule has 1 aliphatic rings. The number of benzene rings is 1. The Morgan fingerprint density at radius 2 is 2.12 bits per heavy atom. The van der Waals surface area contributed by atoms with Gasteiger partial charge in [0.05, 0.1) is 17.0 Å². The van der Waals surface area contributed by atoms with Crippen molar-refractivity contribution in [2.45, 2.75) is 22.7 Å². The topological polar surface area (TPSA) is 73.5 Å². The fourth-order valence-corrected chi connectivity index (χ4v) is 4.08. The number of carbonyl (C=O) groups is 1. The summed E-state index contributed by atoms with van der Waals surface area (Å²) in [6.45, 7) is 0. The van der Waals surface area contributed by atoms with Gasteiger partial charge in [-0.2, -0.15) is 13.2 Å². The molecule has 138 valence electrons. The quantitative estimate of drug-likeness (QED) is 0.616. The van der Waals surface area contributed by atoms with E-state index in [2.05, 4.69) is 0 Å². The summed E-state index contributed by atoms with van der Waals surface area (Å²) in [7, 11) is 0. The zero-order valence-electron chi connectivity index (χ0n) is 12.9. The lowest BCUT2D eigenvalue weighted by atomic mass is 9.94. The highest BCUT2D eigenvalue weighted by Crippen LogP contribution is 2.48. The van der Waals surface area contributed by atoms with E-state index in [0.717, 1.165) is 0 Å². The van der Waals surface area contributed by atoms with E-state index >= 15 is 0 Å². The van der Waals surface area contributed by atoms with Crippen LogP contribution < -0.4 is 9.47 Å².